The van der Waals surface area contributed by atoms with Crippen molar-refractivity contribution in [3.8, 4) is 0 Å². The van der Waals surface area contributed by atoms with Crippen LogP contribution in [-0.2, 0) is 9.09 Å². The van der Waals surface area contributed by atoms with Gasteiger partial charge in [-0.25, -0.2) is 0 Å². The smallest absolute Gasteiger partial charge is 0.188 e. The highest BCUT2D eigenvalue weighted by Gasteiger charge is 1.86. The summed E-state index contributed by atoms with van der Waals surface area (Å²) in [5, 5.41) is 0. The summed E-state index contributed by atoms with van der Waals surface area (Å²) in [6.45, 7) is 4.35. The summed E-state index contributed by atoms with van der Waals surface area (Å²) in [5.74, 6) is 0. The van der Waals surface area contributed by atoms with Crippen molar-refractivity contribution in [2.24, 2.45) is 0 Å². The van der Waals surface area contributed by atoms with Crippen LogP contribution in [-0.4, -0.2) is 30.6 Å². The third kappa shape index (κ3) is 12.0. The van der Waals surface area contributed by atoms with E-state index in [9.17, 15) is 4.57 Å². The lowest BCUT2D eigenvalue weighted by Crippen LogP contribution is -1.82. The molecule has 0 heterocycles. The molecule has 0 aromatic heterocycles. The Labute approximate surface area is 68.0 Å². The minimum Gasteiger partial charge on any atom is -0.331 e. The van der Waals surface area contributed by atoms with Crippen LogP contribution in [0.2, 0.25) is 0 Å². The Hall–Kier alpha value is 0.722. The molecule has 0 aromatic rings. The summed E-state index contributed by atoms with van der Waals surface area (Å²) in [6.07, 6.45) is 2.12. The van der Waals surface area contributed by atoms with Gasteiger partial charge in [-0.15, -0.1) is 0 Å². The second-order valence-electron chi connectivity index (χ2n) is 1.69. The lowest BCUT2D eigenvalue weighted by molar-refractivity contribution is 0.324. The maximum Gasteiger partial charge on any atom is 0.188 e. The summed E-state index contributed by atoms with van der Waals surface area (Å²) >= 11 is 0. The Morgan fingerprint density at radius 2 is 2.11 bits per heavy atom. The van der Waals surface area contributed by atoms with Gasteiger partial charge in [-0.05, 0) is 6.42 Å². The fourth-order valence-electron chi connectivity index (χ4n) is 0.360. The molecule has 0 bridgehead atoms. The SMILES string of the molecule is CCCCO[PH](C)=O.[AlH3]. The van der Waals surface area contributed by atoms with Crippen LogP contribution in [0.1, 0.15) is 19.8 Å². The molecule has 0 aliphatic carbocycles. The molecular formula is C5H16AlO2P. The van der Waals surface area contributed by atoms with Gasteiger partial charge in [0.15, 0.2) is 25.4 Å². The van der Waals surface area contributed by atoms with Crippen LogP contribution in [0.5, 0.6) is 0 Å². The van der Waals surface area contributed by atoms with E-state index in [4.69, 9.17) is 4.52 Å². The van der Waals surface area contributed by atoms with E-state index in [1.807, 2.05) is 0 Å². The topological polar surface area (TPSA) is 26.3 Å². The van der Waals surface area contributed by atoms with Crippen molar-refractivity contribution in [3.63, 3.8) is 0 Å². The van der Waals surface area contributed by atoms with E-state index in [1.54, 1.807) is 6.66 Å². The fraction of sp³-hybridized carbons (Fsp3) is 1.00. The van der Waals surface area contributed by atoms with Crippen LogP contribution in [0.25, 0.3) is 0 Å². The van der Waals surface area contributed by atoms with Crippen LogP contribution in [0, 0.1) is 0 Å². The monoisotopic (exact) mass is 166 g/mol. The molecule has 9 heavy (non-hydrogen) atoms. The van der Waals surface area contributed by atoms with Crippen molar-refractivity contribution in [2.45, 2.75) is 19.8 Å². The first kappa shape index (κ1) is 12.4. The average molecular weight is 166 g/mol. The zero-order chi connectivity index (χ0) is 6.41. The summed E-state index contributed by atoms with van der Waals surface area (Å²) in [6, 6.07) is 0. The van der Waals surface area contributed by atoms with Gasteiger partial charge >= 0.3 is 0 Å². The number of hydrogen-bond donors (Lipinski definition) is 0. The lowest BCUT2D eigenvalue weighted by atomic mass is 10.4. The molecule has 0 saturated heterocycles. The van der Waals surface area contributed by atoms with Gasteiger partial charge in [0.05, 0.1) is 6.61 Å². The summed E-state index contributed by atoms with van der Waals surface area (Å²) < 4.78 is 15.1. The van der Waals surface area contributed by atoms with Crippen LogP contribution in [0.15, 0.2) is 0 Å². The maximum atomic E-state index is 10.3. The molecule has 0 aliphatic heterocycles. The first-order valence-corrected chi connectivity index (χ1v) is 4.72. The van der Waals surface area contributed by atoms with Gasteiger partial charge in [0, 0.05) is 6.66 Å². The molecule has 4 heteroatoms. The second-order valence-corrected chi connectivity index (χ2v) is 2.97. The van der Waals surface area contributed by atoms with Crippen molar-refractivity contribution in [3.05, 3.63) is 0 Å². The molecular weight excluding hydrogens is 150 g/mol. The first-order chi connectivity index (χ1) is 3.77. The Kier molecular flexibility index (Phi) is 12.0. The molecule has 0 saturated carbocycles. The van der Waals surface area contributed by atoms with Gasteiger partial charge in [0.25, 0.3) is 0 Å². The Morgan fingerprint density at radius 1 is 1.56 bits per heavy atom. The van der Waals surface area contributed by atoms with Gasteiger partial charge in [0.1, 0.15) is 0 Å². The number of unbranched alkanes of at least 4 members (excludes halogenated alkanes) is 1. The normalized spacial score (nSPS) is 12.2. The Bertz CT molecular complexity index is 77.4. The molecule has 0 radical (unpaired) electrons. The number of rotatable bonds is 4. The predicted octanol–water partition coefficient (Wildman–Crippen LogP) is 0.724. The van der Waals surface area contributed by atoms with Gasteiger partial charge in [-0.3, -0.25) is 4.57 Å². The minimum atomic E-state index is -1.66. The molecule has 0 amide bonds. The molecule has 1 atom stereocenters. The molecule has 0 aromatic carbocycles. The van der Waals surface area contributed by atoms with Gasteiger partial charge < -0.3 is 4.52 Å². The maximum absolute atomic E-state index is 10.3. The summed E-state index contributed by atoms with van der Waals surface area (Å²) in [7, 11) is -1.66. The van der Waals surface area contributed by atoms with Crippen LogP contribution in [0.3, 0.4) is 0 Å². The van der Waals surface area contributed by atoms with E-state index in [0.717, 1.165) is 12.8 Å². The van der Waals surface area contributed by atoms with Crippen LogP contribution < -0.4 is 0 Å². The van der Waals surface area contributed by atoms with E-state index in [1.165, 1.54) is 0 Å². The van der Waals surface area contributed by atoms with E-state index in [2.05, 4.69) is 6.92 Å². The Morgan fingerprint density at radius 3 is 2.44 bits per heavy atom. The highest BCUT2D eigenvalue weighted by atomic mass is 31.1. The van der Waals surface area contributed by atoms with Crippen molar-refractivity contribution in [2.75, 3.05) is 13.3 Å². The van der Waals surface area contributed by atoms with E-state index < -0.39 is 8.03 Å². The van der Waals surface area contributed by atoms with Crippen LogP contribution >= 0.6 is 8.03 Å². The number of hydrogen-bond acceptors (Lipinski definition) is 2. The molecule has 0 aliphatic rings. The molecule has 56 valence electrons. The molecule has 0 N–H and O–H groups in total. The molecule has 0 spiro atoms. The highest BCUT2D eigenvalue weighted by Crippen LogP contribution is 2.14. The van der Waals surface area contributed by atoms with Crippen molar-refractivity contribution < 1.29 is 9.09 Å². The lowest BCUT2D eigenvalue weighted by Gasteiger charge is -1.95. The Balaban J connectivity index is 0. The summed E-state index contributed by atoms with van der Waals surface area (Å²) in [4.78, 5) is 0. The van der Waals surface area contributed by atoms with E-state index >= 15 is 0 Å². The second kappa shape index (κ2) is 8.72. The summed E-state index contributed by atoms with van der Waals surface area (Å²) in [5.41, 5.74) is 0. The largest absolute Gasteiger partial charge is 0.331 e. The zero-order valence-corrected chi connectivity index (χ0v) is 6.44. The molecule has 0 rings (SSSR count). The predicted molar refractivity (Wildman–Crippen MR) is 45.7 cm³/mol. The van der Waals surface area contributed by atoms with Gasteiger partial charge in [-0.1, -0.05) is 13.3 Å². The van der Waals surface area contributed by atoms with Crippen molar-refractivity contribution in [1.82, 2.24) is 0 Å². The third-order valence-electron chi connectivity index (χ3n) is 0.803. The molecule has 2 nitrogen and oxygen atoms in total. The van der Waals surface area contributed by atoms with Gasteiger partial charge in [-0.2, -0.15) is 0 Å². The quantitative estimate of drug-likeness (QED) is 0.349. The first-order valence-electron chi connectivity index (χ1n) is 2.90. The highest BCUT2D eigenvalue weighted by molar-refractivity contribution is 7.38. The molecule has 0 fully saturated rings. The average Bonchev–Trinajstić information content (AvgIpc) is 1.66. The van der Waals surface area contributed by atoms with E-state index in [0.29, 0.717) is 6.61 Å². The van der Waals surface area contributed by atoms with Crippen molar-refractivity contribution in [1.29, 1.82) is 0 Å². The molecule has 1 unspecified atom stereocenters. The minimum absolute atomic E-state index is 0. The van der Waals surface area contributed by atoms with E-state index in [-0.39, 0.29) is 17.4 Å². The standard InChI is InChI=1S/C5H13O2P.Al.3H/c1-3-4-5-7-8(2)6;;;;/h8H,3-5H2,1-2H3;;;;. The zero-order valence-electron chi connectivity index (χ0n) is 5.44. The van der Waals surface area contributed by atoms with Crippen LogP contribution in [0.4, 0.5) is 0 Å². The van der Waals surface area contributed by atoms with Gasteiger partial charge in [0.2, 0.25) is 0 Å². The van der Waals surface area contributed by atoms with Crippen molar-refractivity contribution >= 4 is 25.4 Å². The third-order valence-corrected chi connectivity index (χ3v) is 1.41. The fourth-order valence-corrected chi connectivity index (χ4v) is 0.792.